The van der Waals surface area contributed by atoms with E-state index in [0.717, 1.165) is 5.69 Å². The minimum Gasteiger partial charge on any atom is -0.481 e. The Morgan fingerprint density at radius 1 is 1.25 bits per heavy atom. The number of amides is 1. The molecule has 3 nitrogen and oxygen atoms in total. The fourth-order valence-electron chi connectivity index (χ4n) is 1.11. The summed E-state index contributed by atoms with van der Waals surface area (Å²) in [5.41, 5.74) is 0.892. The quantitative estimate of drug-likeness (QED) is 0.618. The van der Waals surface area contributed by atoms with Crippen molar-refractivity contribution in [2.75, 3.05) is 19.0 Å². The average Bonchev–Trinajstić information content (AvgIpc) is 2.29. The first kappa shape index (κ1) is 15.7. The Bertz CT molecular complexity index is 321. The Kier molecular flexibility index (Phi) is 7.73. The van der Waals surface area contributed by atoms with E-state index in [-0.39, 0.29) is 38.6 Å². The smallest absolute Gasteiger partial charge is 0.175 e. The molecule has 0 saturated heterocycles. The van der Waals surface area contributed by atoms with Gasteiger partial charge in [-0.15, -0.1) is 0 Å². The maximum absolute atomic E-state index is 11.7. The van der Waals surface area contributed by atoms with E-state index < -0.39 is 0 Å². The largest absolute Gasteiger partial charge is 0.481 e. The van der Waals surface area contributed by atoms with Crippen molar-refractivity contribution in [1.29, 1.82) is 0 Å². The predicted molar refractivity (Wildman–Crippen MR) is 63.5 cm³/mol. The van der Waals surface area contributed by atoms with E-state index in [1.54, 1.807) is 23.3 Å². The van der Waals surface area contributed by atoms with E-state index in [0.29, 0.717) is 0 Å². The maximum atomic E-state index is 11.7. The van der Waals surface area contributed by atoms with Gasteiger partial charge in [0.25, 0.3) is 0 Å². The van der Waals surface area contributed by atoms with Crippen molar-refractivity contribution in [2.24, 2.45) is 0 Å². The van der Waals surface area contributed by atoms with Crippen molar-refractivity contribution in [2.45, 2.75) is 6.82 Å². The number of carbonyl (C=O) groups is 1. The number of para-hydroxylation sites is 1. The van der Waals surface area contributed by atoms with Gasteiger partial charge in [0.2, 0.25) is 0 Å². The van der Waals surface area contributed by atoms with Crippen LogP contribution in [-0.2, 0) is 37.5 Å². The van der Waals surface area contributed by atoms with Crippen LogP contribution in [-0.4, -0.2) is 32.2 Å². The van der Waals surface area contributed by atoms with Gasteiger partial charge in [0, 0.05) is 45.4 Å². The number of hydrogen-bond acceptors (Lipinski definition) is 2. The van der Waals surface area contributed by atoms with Crippen LogP contribution in [0.25, 0.3) is 0 Å². The Hall–Kier alpha value is -0.311. The van der Waals surface area contributed by atoms with Gasteiger partial charge in [-0.05, 0) is 19.2 Å². The first-order valence-corrected chi connectivity index (χ1v) is 4.84. The molecule has 5 heteroatoms. The zero-order valence-corrected chi connectivity index (χ0v) is 12.8. The van der Waals surface area contributed by atoms with E-state index in [4.69, 9.17) is 0 Å². The fraction of sp³-hybridized carbons (Fsp3) is 0.273. The minimum atomic E-state index is -0.0400. The Balaban J connectivity index is 0.00000225. The van der Waals surface area contributed by atoms with Gasteiger partial charge in [-0.1, -0.05) is 25.0 Å². The summed E-state index contributed by atoms with van der Waals surface area (Å²) in [5.74, 6) is -0.0400. The summed E-state index contributed by atoms with van der Waals surface area (Å²) in [6, 6.07) is 9.56. The van der Waals surface area contributed by atoms with Crippen molar-refractivity contribution in [3.8, 4) is 0 Å². The Morgan fingerprint density at radius 3 is 2.31 bits per heavy atom. The number of hydrogen-bond donors (Lipinski definition) is 0. The van der Waals surface area contributed by atoms with Crippen molar-refractivity contribution in [1.82, 2.24) is 4.81 Å². The molecular formula is C11H15BN2OY-. The van der Waals surface area contributed by atoms with Crippen LogP contribution in [0, 0.1) is 6.54 Å². The standard InChI is InChI=1S/C11H15BN2O.Y/c1-12-13(2)9-11(15)14(3)10-7-5-4-6-8-10;/h4-9H,1-3H3;/q-1;. The molecule has 1 amide bonds. The van der Waals surface area contributed by atoms with Gasteiger partial charge in [-0.25, -0.2) is 0 Å². The summed E-state index contributed by atoms with van der Waals surface area (Å²) in [6.45, 7) is 3.43. The average molecular weight is 291 g/mol. The molecule has 0 bridgehead atoms. The molecule has 0 N–H and O–H groups in total. The van der Waals surface area contributed by atoms with Crippen LogP contribution in [0.5, 0.6) is 0 Å². The maximum Gasteiger partial charge on any atom is 0.175 e. The summed E-state index contributed by atoms with van der Waals surface area (Å²) in [5, 5.41) is 0. The molecule has 82 valence electrons. The fourth-order valence-corrected chi connectivity index (χ4v) is 1.11. The van der Waals surface area contributed by atoms with E-state index in [2.05, 4.69) is 0 Å². The summed E-state index contributed by atoms with van der Waals surface area (Å²) in [6.07, 6.45) is 0. The minimum absolute atomic E-state index is 0. The molecule has 1 aromatic rings. The van der Waals surface area contributed by atoms with Crippen LogP contribution in [0.2, 0.25) is 6.82 Å². The molecule has 0 aliphatic rings. The number of anilines is 1. The third-order valence-corrected chi connectivity index (χ3v) is 2.20. The second-order valence-corrected chi connectivity index (χ2v) is 3.29. The first-order chi connectivity index (χ1) is 7.15. The number of carbonyl (C=O) groups excluding carboxylic acids is 1. The molecule has 16 heavy (non-hydrogen) atoms. The summed E-state index contributed by atoms with van der Waals surface area (Å²) in [7, 11) is 5.42. The molecule has 0 atom stereocenters. The monoisotopic (exact) mass is 291 g/mol. The van der Waals surface area contributed by atoms with Gasteiger partial charge in [-0.3, -0.25) is 6.54 Å². The summed E-state index contributed by atoms with van der Waals surface area (Å²) < 4.78 is 0. The summed E-state index contributed by atoms with van der Waals surface area (Å²) in [4.78, 5) is 15.1. The van der Waals surface area contributed by atoms with Crippen molar-refractivity contribution in [3.05, 3.63) is 36.9 Å². The van der Waals surface area contributed by atoms with Crippen molar-refractivity contribution >= 4 is 19.0 Å². The topological polar surface area (TPSA) is 23.6 Å². The van der Waals surface area contributed by atoms with Crippen LogP contribution in [0.4, 0.5) is 5.69 Å². The number of benzene rings is 1. The molecule has 0 fully saturated rings. The van der Waals surface area contributed by atoms with Crippen LogP contribution in [0.1, 0.15) is 0 Å². The number of likely N-dealkylation sites (N-methyl/N-ethyl adjacent to an activating group) is 2. The molecule has 1 rings (SSSR count). The van der Waals surface area contributed by atoms with Crippen LogP contribution in [0.15, 0.2) is 30.3 Å². The molecule has 0 heterocycles. The molecule has 0 saturated carbocycles. The Morgan fingerprint density at radius 2 is 1.81 bits per heavy atom. The molecule has 0 aromatic heterocycles. The summed E-state index contributed by atoms with van der Waals surface area (Å²) >= 11 is 0. The number of rotatable bonds is 4. The van der Waals surface area contributed by atoms with Gasteiger partial charge < -0.3 is 14.5 Å². The normalized spacial score (nSPS) is 9.25. The zero-order chi connectivity index (χ0) is 11.3. The van der Waals surface area contributed by atoms with Crippen molar-refractivity contribution < 1.29 is 37.5 Å². The van der Waals surface area contributed by atoms with Gasteiger partial charge in [0.05, 0.1) is 0 Å². The molecule has 1 aromatic carbocycles. The van der Waals surface area contributed by atoms with Crippen LogP contribution >= 0.6 is 0 Å². The number of nitrogens with zero attached hydrogens (tertiary/aromatic N) is 2. The molecule has 0 unspecified atom stereocenters. The van der Waals surface area contributed by atoms with Crippen LogP contribution < -0.4 is 4.90 Å². The van der Waals surface area contributed by atoms with Gasteiger partial charge in [0.15, 0.2) is 7.41 Å². The van der Waals surface area contributed by atoms with Crippen molar-refractivity contribution in [3.63, 3.8) is 0 Å². The van der Waals surface area contributed by atoms with Gasteiger partial charge >= 0.3 is 0 Å². The SMILES string of the molecule is C[B]N(C)[CH-]C(=O)N(C)c1ccccc1.[Y]. The van der Waals surface area contributed by atoms with E-state index >= 15 is 0 Å². The molecule has 0 aliphatic heterocycles. The second-order valence-electron chi connectivity index (χ2n) is 3.29. The zero-order valence-electron chi connectivity index (χ0n) is 9.92. The second kappa shape index (κ2) is 7.88. The third-order valence-electron chi connectivity index (χ3n) is 2.20. The first-order valence-electron chi connectivity index (χ1n) is 4.84. The predicted octanol–water partition coefficient (Wildman–Crippen LogP) is 1.41. The van der Waals surface area contributed by atoms with Gasteiger partial charge in [-0.2, -0.15) is 0 Å². The van der Waals surface area contributed by atoms with Gasteiger partial charge in [0.1, 0.15) is 5.91 Å². The molecular weight excluding hydrogens is 276 g/mol. The molecule has 0 aliphatic carbocycles. The van der Waals surface area contributed by atoms with E-state index in [1.807, 2.05) is 51.6 Å². The molecule has 2 radical (unpaired) electrons. The Labute approximate surface area is 123 Å². The third kappa shape index (κ3) is 4.69. The van der Waals surface area contributed by atoms with Crippen LogP contribution in [0.3, 0.4) is 0 Å². The molecule has 0 spiro atoms. The van der Waals surface area contributed by atoms with E-state index in [1.165, 1.54) is 0 Å². The van der Waals surface area contributed by atoms with E-state index in [9.17, 15) is 4.79 Å².